The summed E-state index contributed by atoms with van der Waals surface area (Å²) in [5.74, 6) is -0.511. The quantitative estimate of drug-likeness (QED) is 0.726. The number of rotatable bonds is 6. The van der Waals surface area contributed by atoms with Gasteiger partial charge in [0.25, 0.3) is 5.91 Å². The van der Waals surface area contributed by atoms with Gasteiger partial charge in [0, 0.05) is 13.1 Å². The SMILES string of the molecule is CNS(=O)(=O)NC(=O)c1cc(C)c(COc2ccc3c(c2)OC(C)(C)CC3)cc1F. The summed E-state index contributed by atoms with van der Waals surface area (Å²) in [5.41, 5.74) is 1.66. The van der Waals surface area contributed by atoms with Gasteiger partial charge in [-0.3, -0.25) is 4.79 Å². The van der Waals surface area contributed by atoms with Gasteiger partial charge in [0.05, 0.1) is 5.56 Å². The summed E-state index contributed by atoms with van der Waals surface area (Å²) in [6.45, 7) is 5.85. The highest BCUT2D eigenvalue weighted by atomic mass is 32.2. The van der Waals surface area contributed by atoms with E-state index in [-0.39, 0.29) is 17.8 Å². The van der Waals surface area contributed by atoms with Crippen molar-refractivity contribution in [3.8, 4) is 11.5 Å². The van der Waals surface area contributed by atoms with E-state index in [1.165, 1.54) is 12.1 Å². The van der Waals surface area contributed by atoms with Crippen LogP contribution in [-0.2, 0) is 23.2 Å². The normalized spacial score (nSPS) is 15.1. The van der Waals surface area contributed by atoms with Gasteiger partial charge in [-0.1, -0.05) is 6.07 Å². The van der Waals surface area contributed by atoms with Gasteiger partial charge in [-0.25, -0.2) is 13.8 Å². The van der Waals surface area contributed by atoms with Crippen molar-refractivity contribution in [2.75, 3.05) is 7.05 Å². The van der Waals surface area contributed by atoms with Crippen LogP contribution in [0.15, 0.2) is 30.3 Å². The molecule has 0 aromatic heterocycles. The zero-order valence-electron chi connectivity index (χ0n) is 17.3. The lowest BCUT2D eigenvalue weighted by atomic mass is 9.94. The molecule has 0 saturated heterocycles. The Balaban J connectivity index is 1.74. The first-order valence-corrected chi connectivity index (χ1v) is 11.0. The van der Waals surface area contributed by atoms with E-state index in [2.05, 4.69) is 0 Å². The van der Waals surface area contributed by atoms with E-state index in [9.17, 15) is 17.6 Å². The number of amides is 1. The average Bonchev–Trinajstić information content (AvgIpc) is 2.66. The molecule has 2 aromatic carbocycles. The molecule has 2 N–H and O–H groups in total. The van der Waals surface area contributed by atoms with Crippen LogP contribution >= 0.6 is 0 Å². The van der Waals surface area contributed by atoms with E-state index >= 15 is 0 Å². The molecule has 0 aliphatic carbocycles. The number of halogens is 1. The minimum atomic E-state index is -4.02. The monoisotopic (exact) mass is 436 g/mol. The van der Waals surface area contributed by atoms with Crippen LogP contribution in [0.2, 0.25) is 0 Å². The number of benzene rings is 2. The third-order valence-corrected chi connectivity index (χ3v) is 5.97. The zero-order chi connectivity index (χ0) is 22.1. The standard InChI is InChI=1S/C21H25FN2O5S/c1-13-9-17(20(25)24-30(26,27)23-4)18(22)10-15(13)12-28-16-6-5-14-7-8-21(2,3)29-19(14)11-16/h5-6,9-11,23H,7-8,12H2,1-4H3,(H,24,25). The van der Waals surface area contributed by atoms with E-state index in [0.717, 1.165) is 31.2 Å². The van der Waals surface area contributed by atoms with Crippen LogP contribution < -0.4 is 18.9 Å². The molecule has 0 spiro atoms. The topological polar surface area (TPSA) is 93.7 Å². The highest BCUT2D eigenvalue weighted by molar-refractivity contribution is 7.88. The second-order valence-electron chi connectivity index (χ2n) is 7.82. The van der Waals surface area contributed by atoms with Crippen LogP contribution in [0.25, 0.3) is 0 Å². The predicted molar refractivity (Wildman–Crippen MR) is 110 cm³/mol. The van der Waals surface area contributed by atoms with Gasteiger partial charge in [-0.05, 0) is 68.5 Å². The van der Waals surface area contributed by atoms with Crippen LogP contribution in [-0.4, -0.2) is 27.0 Å². The molecular formula is C21H25FN2O5S. The van der Waals surface area contributed by atoms with Gasteiger partial charge < -0.3 is 9.47 Å². The highest BCUT2D eigenvalue weighted by Gasteiger charge is 2.26. The molecule has 0 saturated carbocycles. The molecule has 1 amide bonds. The van der Waals surface area contributed by atoms with Gasteiger partial charge in [0.15, 0.2) is 0 Å². The summed E-state index contributed by atoms with van der Waals surface area (Å²) in [6, 6.07) is 8.10. The smallest absolute Gasteiger partial charge is 0.301 e. The van der Waals surface area contributed by atoms with Gasteiger partial charge >= 0.3 is 10.2 Å². The van der Waals surface area contributed by atoms with Crippen LogP contribution in [0.1, 0.15) is 47.3 Å². The van der Waals surface area contributed by atoms with E-state index in [4.69, 9.17) is 9.47 Å². The highest BCUT2D eigenvalue weighted by Crippen LogP contribution is 2.35. The van der Waals surface area contributed by atoms with Crippen LogP contribution in [0, 0.1) is 12.7 Å². The number of aryl methyl sites for hydroxylation is 2. The Morgan fingerprint density at radius 1 is 1.27 bits per heavy atom. The first-order valence-electron chi connectivity index (χ1n) is 9.49. The van der Waals surface area contributed by atoms with Crippen molar-refractivity contribution in [1.82, 2.24) is 9.44 Å². The van der Waals surface area contributed by atoms with E-state index in [1.54, 1.807) is 11.6 Å². The Bertz CT molecular complexity index is 1080. The van der Waals surface area contributed by atoms with Gasteiger partial charge in [-0.2, -0.15) is 8.42 Å². The lowest BCUT2D eigenvalue weighted by molar-refractivity contribution is 0.0841. The van der Waals surface area contributed by atoms with Gasteiger partial charge in [-0.15, -0.1) is 0 Å². The Morgan fingerprint density at radius 2 is 2.00 bits per heavy atom. The fourth-order valence-electron chi connectivity index (χ4n) is 3.15. The summed E-state index contributed by atoms with van der Waals surface area (Å²) in [6.07, 6.45) is 1.87. The third kappa shape index (κ3) is 5.09. The molecule has 0 fully saturated rings. The van der Waals surface area contributed by atoms with Crippen LogP contribution in [0.4, 0.5) is 4.39 Å². The second-order valence-corrected chi connectivity index (χ2v) is 9.44. The van der Waals surface area contributed by atoms with Crippen molar-refractivity contribution in [3.05, 3.63) is 58.4 Å². The molecule has 9 heteroatoms. The Hall–Kier alpha value is -2.65. The Morgan fingerprint density at radius 3 is 2.70 bits per heavy atom. The van der Waals surface area contributed by atoms with Crippen molar-refractivity contribution in [2.24, 2.45) is 0 Å². The molecule has 162 valence electrons. The summed E-state index contributed by atoms with van der Waals surface area (Å²) in [7, 11) is -2.88. The molecule has 1 heterocycles. The number of ether oxygens (including phenoxy) is 2. The van der Waals surface area contributed by atoms with Gasteiger partial charge in [0.1, 0.15) is 29.5 Å². The van der Waals surface area contributed by atoms with E-state index in [1.807, 2.05) is 36.8 Å². The molecule has 2 aromatic rings. The number of hydrogen-bond donors (Lipinski definition) is 2. The number of nitrogens with one attached hydrogen (secondary N) is 2. The van der Waals surface area contributed by atoms with Crippen molar-refractivity contribution in [1.29, 1.82) is 0 Å². The molecule has 1 aliphatic rings. The second kappa shape index (κ2) is 8.23. The van der Waals surface area contributed by atoms with Crippen molar-refractivity contribution >= 4 is 16.1 Å². The molecule has 30 heavy (non-hydrogen) atoms. The maximum absolute atomic E-state index is 14.4. The van der Waals surface area contributed by atoms with Crippen molar-refractivity contribution in [2.45, 2.75) is 45.8 Å². The van der Waals surface area contributed by atoms with Crippen LogP contribution in [0.5, 0.6) is 11.5 Å². The number of carbonyl (C=O) groups excluding carboxylic acids is 1. The summed E-state index contributed by atoms with van der Waals surface area (Å²) in [5, 5.41) is 0. The van der Waals surface area contributed by atoms with Crippen molar-refractivity contribution < 1.29 is 27.1 Å². The molecule has 0 unspecified atom stereocenters. The number of hydrogen-bond acceptors (Lipinski definition) is 5. The third-order valence-electron chi connectivity index (χ3n) is 4.98. The fourth-order valence-corrected chi connectivity index (χ4v) is 3.61. The summed E-state index contributed by atoms with van der Waals surface area (Å²) in [4.78, 5) is 12.1. The van der Waals surface area contributed by atoms with Crippen molar-refractivity contribution in [3.63, 3.8) is 0 Å². The minimum Gasteiger partial charge on any atom is -0.489 e. The molecule has 7 nitrogen and oxygen atoms in total. The predicted octanol–water partition coefficient (Wildman–Crippen LogP) is 3.01. The summed E-state index contributed by atoms with van der Waals surface area (Å²) < 4.78 is 52.8. The average molecular weight is 437 g/mol. The lowest BCUT2D eigenvalue weighted by Crippen LogP contribution is -2.38. The molecular weight excluding hydrogens is 411 g/mol. The number of carbonyl (C=O) groups is 1. The lowest BCUT2D eigenvalue weighted by Gasteiger charge is -2.32. The zero-order valence-corrected chi connectivity index (χ0v) is 18.2. The molecule has 0 atom stereocenters. The molecule has 0 bridgehead atoms. The maximum atomic E-state index is 14.4. The Labute approximate surface area is 175 Å². The fraction of sp³-hybridized carbons (Fsp3) is 0.381. The van der Waals surface area contributed by atoms with E-state index in [0.29, 0.717) is 16.9 Å². The minimum absolute atomic E-state index is 0.0850. The van der Waals surface area contributed by atoms with E-state index < -0.39 is 21.9 Å². The largest absolute Gasteiger partial charge is 0.489 e. The Kier molecular flexibility index (Phi) is 6.05. The molecule has 1 aliphatic heterocycles. The van der Waals surface area contributed by atoms with Gasteiger partial charge in [0.2, 0.25) is 0 Å². The molecule has 3 rings (SSSR count). The summed E-state index contributed by atoms with van der Waals surface area (Å²) >= 11 is 0. The first kappa shape index (κ1) is 22.0. The molecule has 0 radical (unpaired) electrons. The van der Waals surface area contributed by atoms with Crippen LogP contribution in [0.3, 0.4) is 0 Å². The maximum Gasteiger partial charge on any atom is 0.301 e. The first-order chi connectivity index (χ1) is 14.0. The number of fused-ring (bicyclic) bond motifs is 1.